The van der Waals surface area contributed by atoms with Gasteiger partial charge in [-0.2, -0.15) is 0 Å². The van der Waals surface area contributed by atoms with Crippen LogP contribution in [-0.4, -0.2) is 42.0 Å². The normalized spacial score (nSPS) is 53.7. The Hall–Kier alpha value is -0.410. The monoisotopic (exact) mass is 361 g/mol. The Morgan fingerprint density at radius 3 is 2.42 bits per heavy atom. The van der Waals surface area contributed by atoms with E-state index >= 15 is 0 Å². The zero-order valence-electron chi connectivity index (χ0n) is 17.5. The van der Waals surface area contributed by atoms with Gasteiger partial charge in [0.15, 0.2) is 0 Å². The third kappa shape index (κ3) is 2.56. The smallest absolute Gasteiger partial charge is 0.133 e. The lowest BCUT2D eigenvalue weighted by Crippen LogP contribution is -2.62. The summed E-state index contributed by atoms with van der Waals surface area (Å²) >= 11 is 0. The van der Waals surface area contributed by atoms with Crippen molar-refractivity contribution in [1.82, 2.24) is 4.90 Å². The summed E-state index contributed by atoms with van der Waals surface area (Å²) in [6, 6.07) is 0.573. The van der Waals surface area contributed by atoms with E-state index in [1.54, 1.807) is 0 Å². The molecular weight excluding hydrogens is 322 g/mol. The molecule has 0 amide bonds. The van der Waals surface area contributed by atoms with Gasteiger partial charge in [-0.05, 0) is 107 Å². The van der Waals surface area contributed by atoms with E-state index < -0.39 is 0 Å². The number of hydrogen-bond acceptors (Lipinski definition) is 3. The van der Waals surface area contributed by atoms with Crippen LogP contribution >= 0.6 is 0 Å². The molecule has 9 atom stereocenters. The van der Waals surface area contributed by atoms with Gasteiger partial charge in [-0.3, -0.25) is 4.79 Å². The van der Waals surface area contributed by atoms with Gasteiger partial charge in [-0.25, -0.2) is 0 Å². The second-order valence-corrected chi connectivity index (χ2v) is 11.0. The summed E-state index contributed by atoms with van der Waals surface area (Å²) in [5, 5.41) is 10.3. The van der Waals surface area contributed by atoms with Crippen molar-refractivity contribution in [2.45, 2.75) is 84.3 Å². The second kappa shape index (κ2) is 6.30. The molecule has 0 unspecified atom stereocenters. The highest BCUT2D eigenvalue weighted by molar-refractivity contribution is 5.79. The zero-order valence-corrected chi connectivity index (χ0v) is 17.5. The van der Waals surface area contributed by atoms with Gasteiger partial charge >= 0.3 is 0 Å². The minimum absolute atomic E-state index is 0.0788. The largest absolute Gasteiger partial charge is 0.393 e. The number of rotatable bonds is 2. The summed E-state index contributed by atoms with van der Waals surface area (Å²) in [5.41, 5.74) is 0.562. The second-order valence-electron chi connectivity index (χ2n) is 11.0. The SMILES string of the molecule is CC(=O)[C@H]1CC[C@H]2[C@@H]3CC[C@H]4C[C@H](O)CC[C@]4(C)[C@H]3[C@H](N(C)C)C[C@]12C. The van der Waals surface area contributed by atoms with Crippen molar-refractivity contribution in [3.05, 3.63) is 0 Å². The maximum Gasteiger partial charge on any atom is 0.133 e. The Balaban J connectivity index is 1.73. The molecule has 4 rings (SSSR count). The van der Waals surface area contributed by atoms with Gasteiger partial charge in [0.25, 0.3) is 0 Å². The molecule has 4 aliphatic carbocycles. The van der Waals surface area contributed by atoms with Crippen LogP contribution in [0.15, 0.2) is 0 Å². The van der Waals surface area contributed by atoms with Crippen LogP contribution in [0.25, 0.3) is 0 Å². The third-order valence-electron chi connectivity index (χ3n) is 9.72. The number of carbonyl (C=O) groups is 1. The van der Waals surface area contributed by atoms with Crippen molar-refractivity contribution in [3.63, 3.8) is 0 Å². The predicted molar refractivity (Wildman–Crippen MR) is 105 cm³/mol. The first-order chi connectivity index (χ1) is 12.2. The lowest BCUT2D eigenvalue weighted by molar-refractivity contribution is -0.160. The number of fused-ring (bicyclic) bond motifs is 5. The lowest BCUT2D eigenvalue weighted by Gasteiger charge is -2.64. The Bertz CT molecular complexity index is 575. The molecule has 0 heterocycles. The van der Waals surface area contributed by atoms with Crippen molar-refractivity contribution in [2.75, 3.05) is 14.1 Å². The van der Waals surface area contributed by atoms with Crippen LogP contribution in [-0.2, 0) is 4.79 Å². The minimum Gasteiger partial charge on any atom is -0.393 e. The number of hydrogen-bond donors (Lipinski definition) is 1. The summed E-state index contributed by atoms with van der Waals surface area (Å²) in [5.74, 6) is 3.60. The van der Waals surface area contributed by atoms with Crippen LogP contribution in [0.1, 0.15) is 72.1 Å². The van der Waals surface area contributed by atoms with Crippen LogP contribution in [0.4, 0.5) is 0 Å². The van der Waals surface area contributed by atoms with Gasteiger partial charge < -0.3 is 10.0 Å². The molecule has 4 saturated carbocycles. The summed E-state index contributed by atoms with van der Waals surface area (Å²) in [7, 11) is 4.52. The van der Waals surface area contributed by atoms with E-state index in [1.807, 2.05) is 6.92 Å². The quantitative estimate of drug-likeness (QED) is 0.804. The van der Waals surface area contributed by atoms with Crippen molar-refractivity contribution in [1.29, 1.82) is 0 Å². The molecule has 0 spiro atoms. The van der Waals surface area contributed by atoms with E-state index in [4.69, 9.17) is 0 Å². The van der Waals surface area contributed by atoms with Crippen LogP contribution in [0.3, 0.4) is 0 Å². The molecule has 26 heavy (non-hydrogen) atoms. The van der Waals surface area contributed by atoms with Gasteiger partial charge in [0.2, 0.25) is 0 Å². The van der Waals surface area contributed by atoms with Crippen LogP contribution in [0.2, 0.25) is 0 Å². The highest BCUT2D eigenvalue weighted by Crippen LogP contribution is 2.68. The average molecular weight is 362 g/mol. The first-order valence-corrected chi connectivity index (χ1v) is 11.0. The van der Waals surface area contributed by atoms with Crippen molar-refractivity contribution < 1.29 is 9.90 Å². The van der Waals surface area contributed by atoms with Gasteiger partial charge in [-0.15, -0.1) is 0 Å². The first kappa shape index (κ1) is 18.9. The van der Waals surface area contributed by atoms with Crippen LogP contribution in [0.5, 0.6) is 0 Å². The van der Waals surface area contributed by atoms with Crippen LogP contribution < -0.4 is 0 Å². The van der Waals surface area contributed by atoms with Crippen molar-refractivity contribution in [2.24, 2.45) is 40.4 Å². The summed E-state index contributed by atoms with van der Waals surface area (Å²) < 4.78 is 0. The van der Waals surface area contributed by atoms with E-state index in [2.05, 4.69) is 32.8 Å². The van der Waals surface area contributed by atoms with Gasteiger partial charge in [0.1, 0.15) is 5.78 Å². The molecule has 0 aliphatic heterocycles. The number of nitrogens with zero attached hydrogens (tertiary/aromatic N) is 1. The van der Waals surface area contributed by atoms with Crippen molar-refractivity contribution >= 4 is 5.78 Å². The van der Waals surface area contributed by atoms with E-state index in [9.17, 15) is 9.90 Å². The topological polar surface area (TPSA) is 40.5 Å². The molecule has 4 aliphatic rings. The fourth-order valence-corrected chi connectivity index (χ4v) is 8.53. The average Bonchev–Trinajstić information content (AvgIpc) is 2.91. The standard InChI is InChI=1S/C23H39NO2/c1-14(25)18-8-9-19-17-7-6-15-12-16(26)10-11-22(15,2)21(17)20(24(4)5)13-23(18,19)3/h15-21,26H,6-13H2,1-5H3/t15-,16+,17-,18+,19-,20+,21+,22-,23+/m0/s1. The molecule has 0 bridgehead atoms. The van der Waals surface area contributed by atoms with E-state index in [-0.39, 0.29) is 17.4 Å². The molecule has 1 N–H and O–H groups in total. The number of ketones is 1. The fraction of sp³-hybridized carbons (Fsp3) is 0.957. The number of aliphatic hydroxyl groups is 1. The molecule has 3 heteroatoms. The zero-order chi connectivity index (χ0) is 18.9. The molecular formula is C23H39NO2. The molecule has 0 aromatic heterocycles. The number of carbonyl (C=O) groups excluding carboxylic acids is 1. The number of aliphatic hydroxyl groups excluding tert-OH is 1. The molecule has 3 nitrogen and oxygen atoms in total. The van der Waals surface area contributed by atoms with Crippen LogP contribution in [0, 0.1) is 40.4 Å². The van der Waals surface area contributed by atoms with Gasteiger partial charge in [-0.1, -0.05) is 13.8 Å². The lowest BCUT2D eigenvalue weighted by atomic mass is 9.43. The third-order valence-corrected chi connectivity index (χ3v) is 9.72. The highest BCUT2D eigenvalue weighted by atomic mass is 16.3. The molecule has 4 fully saturated rings. The van der Waals surface area contributed by atoms with Crippen molar-refractivity contribution in [3.8, 4) is 0 Å². The fourth-order valence-electron chi connectivity index (χ4n) is 8.53. The molecule has 148 valence electrons. The summed E-state index contributed by atoms with van der Waals surface area (Å²) in [6.45, 7) is 6.83. The van der Waals surface area contributed by atoms with E-state index in [0.717, 1.165) is 37.0 Å². The predicted octanol–water partition coefficient (Wildman–Crippen LogP) is 4.14. The Labute approximate surface area is 159 Å². The van der Waals surface area contributed by atoms with Gasteiger partial charge in [0.05, 0.1) is 6.10 Å². The van der Waals surface area contributed by atoms with E-state index in [0.29, 0.717) is 23.2 Å². The van der Waals surface area contributed by atoms with Gasteiger partial charge in [0, 0.05) is 12.0 Å². The molecule has 0 aromatic carbocycles. The summed E-state index contributed by atoms with van der Waals surface area (Å²) in [4.78, 5) is 14.9. The first-order valence-electron chi connectivity index (χ1n) is 11.0. The number of Topliss-reactive ketones (excluding diaryl/α,β-unsaturated/α-hetero) is 1. The minimum atomic E-state index is -0.0788. The Morgan fingerprint density at radius 2 is 1.77 bits per heavy atom. The summed E-state index contributed by atoms with van der Waals surface area (Å²) in [6.07, 6.45) is 9.24. The maximum atomic E-state index is 12.4. The molecule has 0 aromatic rings. The molecule has 0 radical (unpaired) electrons. The highest BCUT2D eigenvalue weighted by Gasteiger charge is 2.63. The Morgan fingerprint density at radius 1 is 1.04 bits per heavy atom. The van der Waals surface area contributed by atoms with E-state index in [1.165, 1.54) is 32.1 Å². The Kier molecular flexibility index (Phi) is 4.59. The molecule has 0 saturated heterocycles. The maximum absolute atomic E-state index is 12.4.